The van der Waals surface area contributed by atoms with E-state index in [9.17, 15) is 38.7 Å². The highest BCUT2D eigenvalue weighted by Gasteiger charge is 2.33. The van der Waals surface area contributed by atoms with Crippen molar-refractivity contribution in [2.24, 2.45) is 11.3 Å². The fourth-order valence-corrected chi connectivity index (χ4v) is 4.12. The zero-order chi connectivity index (χ0) is 34.6. The Morgan fingerprint density at radius 1 is 0.826 bits per heavy atom. The topological polar surface area (TPSA) is 263 Å². The Morgan fingerprint density at radius 2 is 1.35 bits per heavy atom. The van der Waals surface area contributed by atoms with Gasteiger partial charge in [0, 0.05) is 49.6 Å². The molecule has 2 aromatic rings. The van der Waals surface area contributed by atoms with Gasteiger partial charge in [-0.15, -0.1) is 0 Å². The summed E-state index contributed by atoms with van der Waals surface area (Å²) in [4.78, 5) is 93.2. The van der Waals surface area contributed by atoms with Gasteiger partial charge in [-0.3, -0.25) is 33.7 Å². The molecule has 252 valence electrons. The number of ketones is 1. The van der Waals surface area contributed by atoms with Gasteiger partial charge in [0.05, 0.1) is 19.6 Å². The Bertz CT molecular complexity index is 1410. The van der Waals surface area contributed by atoms with Gasteiger partial charge >= 0.3 is 23.9 Å². The van der Waals surface area contributed by atoms with Crippen LogP contribution in [0.15, 0.2) is 24.8 Å². The van der Waals surface area contributed by atoms with E-state index in [1.807, 2.05) is 0 Å². The fraction of sp³-hybridized carbons (Fsp3) is 0.536. The highest BCUT2D eigenvalue weighted by molar-refractivity contribution is 5.94. The minimum atomic E-state index is -2.05. The van der Waals surface area contributed by atoms with Crippen LogP contribution in [0.3, 0.4) is 0 Å². The van der Waals surface area contributed by atoms with Gasteiger partial charge in [0.1, 0.15) is 30.8 Å². The van der Waals surface area contributed by atoms with Crippen LogP contribution in [0, 0.1) is 11.3 Å². The molecule has 0 aliphatic carbocycles. The summed E-state index contributed by atoms with van der Waals surface area (Å²) in [5.74, 6) is -8.68. The van der Waals surface area contributed by atoms with Gasteiger partial charge < -0.3 is 40.2 Å². The molecule has 0 radical (unpaired) electrons. The molecule has 2 rings (SSSR count). The van der Waals surface area contributed by atoms with Crippen LogP contribution < -0.4 is 10.6 Å². The minimum absolute atomic E-state index is 0.0266. The van der Waals surface area contributed by atoms with Gasteiger partial charge in [0.15, 0.2) is 11.7 Å². The maximum atomic E-state index is 13.0. The molecule has 2 aromatic heterocycles. The summed E-state index contributed by atoms with van der Waals surface area (Å²) in [7, 11) is 0. The summed E-state index contributed by atoms with van der Waals surface area (Å²) in [6.45, 7) is 4.97. The Balaban J connectivity index is 2.18. The second-order valence-electron chi connectivity index (χ2n) is 11.5. The number of amides is 2. The van der Waals surface area contributed by atoms with Crippen LogP contribution in [-0.2, 0) is 59.7 Å². The first kappa shape index (κ1) is 37.1. The lowest BCUT2D eigenvalue weighted by atomic mass is 9.90. The quantitative estimate of drug-likeness (QED) is 0.0775. The van der Waals surface area contributed by atoms with E-state index in [1.54, 1.807) is 36.4 Å². The molecule has 18 nitrogen and oxygen atoms in total. The van der Waals surface area contributed by atoms with Gasteiger partial charge in [-0.1, -0.05) is 20.8 Å². The smallest absolute Gasteiger partial charge is 0.326 e. The number of aliphatic carboxylic acids is 4. The van der Waals surface area contributed by atoms with Crippen LogP contribution in [0.4, 0.5) is 0 Å². The third kappa shape index (κ3) is 12.1. The van der Waals surface area contributed by atoms with Gasteiger partial charge in [-0.25, -0.2) is 14.8 Å². The predicted octanol–water partition coefficient (Wildman–Crippen LogP) is -0.577. The van der Waals surface area contributed by atoms with E-state index in [0.717, 1.165) is 0 Å². The van der Waals surface area contributed by atoms with Crippen LogP contribution in [0.2, 0.25) is 0 Å². The monoisotopic (exact) mass is 649 g/mol. The van der Waals surface area contributed by atoms with E-state index < -0.39 is 60.1 Å². The summed E-state index contributed by atoms with van der Waals surface area (Å²) >= 11 is 0. The van der Waals surface area contributed by atoms with E-state index in [-0.39, 0.29) is 57.3 Å². The number of carbonyl (C=O) groups excluding carboxylic acids is 3. The average molecular weight is 650 g/mol. The molecule has 46 heavy (non-hydrogen) atoms. The van der Waals surface area contributed by atoms with Crippen LogP contribution in [0.1, 0.15) is 51.7 Å². The van der Waals surface area contributed by atoms with Gasteiger partial charge in [0.2, 0.25) is 11.8 Å². The standard InChI is InChI=1S/C28H39N7O11/c1-28(2,3)19(36)12-33(13-20-29-7-9-34(20)15-22(37)31-6-4-5-24(39)40)14-21-30-8-10-35(21)16-23(38)32-18(27(45)46)11-17(25(41)42)26(43)44/h7-10,17-18H,4-6,11-16H2,1-3H3,(H,31,37)(H,32,38)(H,39,40)(H,41,42)(H,43,44)(H,45,46)/t18-/m0/s1. The SMILES string of the molecule is CC(C)(C)C(=O)CN(Cc1nccn1CC(=O)NCCCC(=O)O)Cc1nccn1CC(=O)N[C@@H](CC(C(=O)O)C(=O)O)C(=O)O. The molecule has 0 unspecified atom stereocenters. The van der Waals surface area contributed by atoms with E-state index in [2.05, 4.69) is 20.6 Å². The Hall–Kier alpha value is -5.13. The van der Waals surface area contributed by atoms with Crippen LogP contribution in [-0.4, -0.2) is 105 Å². The van der Waals surface area contributed by atoms with Crippen molar-refractivity contribution < 1.29 is 54.0 Å². The van der Waals surface area contributed by atoms with E-state index in [4.69, 9.17) is 15.3 Å². The number of hydrogen-bond acceptors (Lipinski definition) is 10. The van der Waals surface area contributed by atoms with Crippen molar-refractivity contribution >= 4 is 41.5 Å². The molecule has 0 spiro atoms. The summed E-state index contributed by atoms with van der Waals surface area (Å²) < 4.78 is 2.97. The number of carbonyl (C=O) groups is 7. The Morgan fingerprint density at radius 3 is 1.80 bits per heavy atom. The first-order valence-corrected chi connectivity index (χ1v) is 14.2. The van der Waals surface area contributed by atoms with Crippen LogP contribution in [0.25, 0.3) is 0 Å². The fourth-order valence-electron chi connectivity index (χ4n) is 4.12. The number of imidazole rings is 2. The molecular weight excluding hydrogens is 610 g/mol. The second kappa shape index (κ2) is 16.8. The van der Waals surface area contributed by atoms with Gasteiger partial charge in [-0.2, -0.15) is 0 Å². The van der Waals surface area contributed by atoms with Crippen molar-refractivity contribution in [3.05, 3.63) is 36.4 Å². The highest BCUT2D eigenvalue weighted by Crippen LogP contribution is 2.18. The Kier molecular flexibility index (Phi) is 13.5. The molecule has 0 aliphatic rings. The molecule has 1 atom stereocenters. The average Bonchev–Trinajstić information content (AvgIpc) is 3.56. The number of carboxylic acids is 4. The van der Waals surface area contributed by atoms with Crippen molar-refractivity contribution in [1.29, 1.82) is 0 Å². The molecule has 2 amide bonds. The molecule has 0 aliphatic heterocycles. The number of nitrogens with zero attached hydrogens (tertiary/aromatic N) is 5. The van der Waals surface area contributed by atoms with E-state index in [1.165, 1.54) is 23.2 Å². The minimum Gasteiger partial charge on any atom is -0.481 e. The number of carboxylic acid groups (broad SMARTS) is 4. The van der Waals surface area contributed by atoms with Gasteiger partial charge in [0.25, 0.3) is 0 Å². The van der Waals surface area contributed by atoms with Crippen molar-refractivity contribution in [1.82, 2.24) is 34.6 Å². The molecule has 0 saturated carbocycles. The number of nitrogens with one attached hydrogen (secondary N) is 2. The lowest BCUT2D eigenvalue weighted by molar-refractivity contribution is -0.156. The molecule has 6 N–H and O–H groups in total. The lowest BCUT2D eigenvalue weighted by Gasteiger charge is -2.26. The molecular formula is C28H39N7O11. The number of Topliss-reactive ketones (excluding diaryl/α,β-unsaturated/α-hetero) is 1. The van der Waals surface area contributed by atoms with Crippen LogP contribution >= 0.6 is 0 Å². The van der Waals surface area contributed by atoms with Crippen molar-refractivity contribution in [3.8, 4) is 0 Å². The maximum absolute atomic E-state index is 13.0. The summed E-state index contributed by atoms with van der Waals surface area (Å²) in [6.07, 6.45) is 5.22. The van der Waals surface area contributed by atoms with Crippen molar-refractivity contribution in [2.75, 3.05) is 13.1 Å². The van der Waals surface area contributed by atoms with E-state index >= 15 is 0 Å². The third-order valence-electron chi connectivity index (χ3n) is 6.76. The van der Waals surface area contributed by atoms with E-state index in [0.29, 0.717) is 11.6 Å². The highest BCUT2D eigenvalue weighted by atomic mass is 16.4. The molecule has 2 heterocycles. The predicted molar refractivity (Wildman–Crippen MR) is 156 cm³/mol. The van der Waals surface area contributed by atoms with Crippen molar-refractivity contribution in [2.45, 2.75) is 72.3 Å². The number of rotatable bonds is 20. The Labute approximate surface area is 263 Å². The second-order valence-corrected chi connectivity index (χ2v) is 11.5. The van der Waals surface area contributed by atoms with Gasteiger partial charge in [-0.05, 0) is 6.42 Å². The number of hydrogen-bond donors (Lipinski definition) is 6. The van der Waals surface area contributed by atoms with Crippen LogP contribution in [0.5, 0.6) is 0 Å². The molecule has 18 heteroatoms. The zero-order valence-corrected chi connectivity index (χ0v) is 25.7. The first-order valence-electron chi connectivity index (χ1n) is 14.2. The molecule has 0 fully saturated rings. The zero-order valence-electron chi connectivity index (χ0n) is 25.7. The summed E-state index contributed by atoms with van der Waals surface area (Å²) in [6, 6.07) is -1.79. The van der Waals surface area contributed by atoms with Crippen molar-refractivity contribution in [3.63, 3.8) is 0 Å². The molecule has 0 aromatic carbocycles. The molecule has 0 bridgehead atoms. The summed E-state index contributed by atoms with van der Waals surface area (Å²) in [5.41, 5.74) is -0.700. The number of aromatic nitrogens is 4. The normalized spacial score (nSPS) is 12.1. The first-order chi connectivity index (χ1) is 21.5. The third-order valence-corrected chi connectivity index (χ3v) is 6.76. The summed E-state index contributed by atoms with van der Waals surface area (Å²) in [5, 5.41) is 41.2. The maximum Gasteiger partial charge on any atom is 0.326 e. The largest absolute Gasteiger partial charge is 0.481 e. The lowest BCUT2D eigenvalue weighted by Crippen LogP contribution is -2.45. The molecule has 0 saturated heterocycles.